The number of nitrogens with zero attached hydrogens (tertiary/aromatic N) is 1. The molecule has 1 aromatic carbocycles. The molecule has 0 spiro atoms. The first-order valence-corrected chi connectivity index (χ1v) is 13.0. The summed E-state index contributed by atoms with van der Waals surface area (Å²) in [5.74, 6) is 0.612. The van der Waals surface area contributed by atoms with Crippen molar-refractivity contribution < 1.29 is 0 Å². The van der Waals surface area contributed by atoms with Crippen molar-refractivity contribution in [2.75, 3.05) is 6.54 Å². The first kappa shape index (κ1) is 25.0. The molecular formula is C27H43ClN2. The van der Waals surface area contributed by atoms with Gasteiger partial charge in [-0.1, -0.05) is 94.2 Å². The molecule has 0 atom stereocenters. The second-order valence-electron chi connectivity index (χ2n) is 8.70. The molecule has 2 aliphatic rings. The normalized spacial score (nSPS) is 20.0. The molecule has 0 fully saturated rings. The number of halogens is 1. The smallest absolute Gasteiger partial charge is 0.0631 e. The topological polar surface area (TPSA) is 24.4 Å². The standard InChI is InChI=1S/C20H36N2.C7H7Cl/c1-2-4-8-12-16-19(15-11-7-3-1)20-17-13-9-5-6-10-14-18-21-22-20;8-6-7-4-2-1-3-5-7/h15,21H,1-14,16-18H2;1-5H,6H2. The molecule has 0 bridgehead atoms. The van der Waals surface area contributed by atoms with E-state index in [1.165, 1.54) is 114 Å². The molecule has 0 unspecified atom stereocenters. The molecule has 1 heterocycles. The van der Waals surface area contributed by atoms with Crippen LogP contribution in [-0.2, 0) is 5.88 Å². The Kier molecular flexibility index (Phi) is 14.5. The Morgan fingerprint density at radius 1 is 0.700 bits per heavy atom. The molecule has 30 heavy (non-hydrogen) atoms. The molecule has 0 saturated carbocycles. The van der Waals surface area contributed by atoms with Crippen LogP contribution in [0.15, 0.2) is 47.1 Å². The number of rotatable bonds is 2. The Balaban J connectivity index is 0.000000335. The maximum Gasteiger partial charge on any atom is 0.0631 e. The number of hydrogen-bond donors (Lipinski definition) is 1. The Morgan fingerprint density at radius 3 is 1.97 bits per heavy atom. The van der Waals surface area contributed by atoms with Crippen molar-refractivity contribution in [2.45, 2.75) is 109 Å². The van der Waals surface area contributed by atoms with Crippen LogP contribution in [0.2, 0.25) is 0 Å². The molecule has 1 aliphatic heterocycles. The fraction of sp³-hybridized carbons (Fsp3) is 0.667. The summed E-state index contributed by atoms with van der Waals surface area (Å²) >= 11 is 5.53. The van der Waals surface area contributed by atoms with Gasteiger partial charge < -0.3 is 5.43 Å². The van der Waals surface area contributed by atoms with Gasteiger partial charge in [0.2, 0.25) is 0 Å². The van der Waals surface area contributed by atoms with Crippen LogP contribution in [-0.4, -0.2) is 12.3 Å². The summed E-state index contributed by atoms with van der Waals surface area (Å²) in [5.41, 5.74) is 7.47. The number of hydrogen-bond acceptors (Lipinski definition) is 2. The molecule has 0 saturated heterocycles. The Morgan fingerprint density at radius 2 is 1.30 bits per heavy atom. The Hall–Kier alpha value is -1.28. The third kappa shape index (κ3) is 11.8. The van der Waals surface area contributed by atoms with E-state index in [0.29, 0.717) is 5.88 Å². The van der Waals surface area contributed by atoms with Gasteiger partial charge in [0.25, 0.3) is 0 Å². The van der Waals surface area contributed by atoms with E-state index in [2.05, 4.69) is 11.5 Å². The minimum Gasteiger partial charge on any atom is -0.310 e. The van der Waals surface area contributed by atoms with Crippen LogP contribution in [0, 0.1) is 0 Å². The predicted octanol–water partition coefficient (Wildman–Crippen LogP) is 8.55. The quantitative estimate of drug-likeness (QED) is 0.466. The number of hydrazone groups is 1. The van der Waals surface area contributed by atoms with E-state index in [-0.39, 0.29) is 0 Å². The number of nitrogens with one attached hydrogen (secondary N) is 1. The zero-order valence-electron chi connectivity index (χ0n) is 19.0. The molecular weight excluding hydrogens is 388 g/mol. The lowest BCUT2D eigenvalue weighted by molar-refractivity contribution is 0.586. The highest BCUT2D eigenvalue weighted by atomic mass is 35.5. The monoisotopic (exact) mass is 430 g/mol. The van der Waals surface area contributed by atoms with E-state index in [4.69, 9.17) is 16.7 Å². The first-order chi connectivity index (χ1) is 14.9. The fourth-order valence-corrected chi connectivity index (χ4v) is 4.37. The van der Waals surface area contributed by atoms with Gasteiger partial charge in [0.1, 0.15) is 0 Å². The summed E-state index contributed by atoms with van der Waals surface area (Å²) in [7, 11) is 0. The van der Waals surface area contributed by atoms with Gasteiger partial charge in [-0.15, -0.1) is 11.6 Å². The number of allylic oxidation sites excluding steroid dienone is 2. The van der Waals surface area contributed by atoms with Gasteiger partial charge in [-0.05, 0) is 56.1 Å². The highest BCUT2D eigenvalue weighted by Crippen LogP contribution is 2.20. The lowest BCUT2D eigenvalue weighted by Crippen LogP contribution is -2.14. The average molecular weight is 431 g/mol. The largest absolute Gasteiger partial charge is 0.310 e. The van der Waals surface area contributed by atoms with Crippen LogP contribution in [0.3, 0.4) is 0 Å². The van der Waals surface area contributed by atoms with Crippen molar-refractivity contribution in [1.82, 2.24) is 5.43 Å². The summed E-state index contributed by atoms with van der Waals surface area (Å²) in [6, 6.07) is 9.96. The summed E-state index contributed by atoms with van der Waals surface area (Å²) in [6.07, 6.45) is 24.2. The van der Waals surface area contributed by atoms with Gasteiger partial charge in [0.05, 0.1) is 5.71 Å². The molecule has 1 aliphatic carbocycles. The van der Waals surface area contributed by atoms with Crippen molar-refractivity contribution in [2.24, 2.45) is 5.10 Å². The maximum absolute atomic E-state index is 5.53. The van der Waals surface area contributed by atoms with Crippen LogP contribution in [0.4, 0.5) is 0 Å². The van der Waals surface area contributed by atoms with Crippen LogP contribution in [0.5, 0.6) is 0 Å². The molecule has 0 aromatic heterocycles. The Bertz CT molecular complexity index is 560. The zero-order chi connectivity index (χ0) is 21.1. The zero-order valence-corrected chi connectivity index (χ0v) is 19.8. The van der Waals surface area contributed by atoms with Gasteiger partial charge in [-0.25, -0.2) is 0 Å². The van der Waals surface area contributed by atoms with E-state index < -0.39 is 0 Å². The van der Waals surface area contributed by atoms with Crippen molar-refractivity contribution in [1.29, 1.82) is 0 Å². The van der Waals surface area contributed by atoms with E-state index in [1.54, 1.807) is 5.57 Å². The van der Waals surface area contributed by atoms with Gasteiger partial charge in [0, 0.05) is 12.4 Å². The van der Waals surface area contributed by atoms with Crippen molar-refractivity contribution in [3.63, 3.8) is 0 Å². The second-order valence-corrected chi connectivity index (χ2v) is 8.97. The molecule has 3 rings (SSSR count). The third-order valence-corrected chi connectivity index (χ3v) is 6.38. The van der Waals surface area contributed by atoms with Gasteiger partial charge >= 0.3 is 0 Å². The number of benzene rings is 1. The van der Waals surface area contributed by atoms with E-state index in [0.717, 1.165) is 6.54 Å². The molecule has 1 aromatic rings. The van der Waals surface area contributed by atoms with Crippen molar-refractivity contribution >= 4 is 17.3 Å². The summed E-state index contributed by atoms with van der Waals surface area (Å²) < 4.78 is 0. The molecule has 168 valence electrons. The molecule has 3 heteroatoms. The molecule has 2 nitrogen and oxygen atoms in total. The summed E-state index contributed by atoms with van der Waals surface area (Å²) in [6.45, 7) is 1.05. The lowest BCUT2D eigenvalue weighted by Gasteiger charge is -2.12. The fourth-order valence-electron chi connectivity index (χ4n) is 4.19. The van der Waals surface area contributed by atoms with Gasteiger partial charge in [0.15, 0.2) is 0 Å². The molecule has 1 N–H and O–H groups in total. The SMILES string of the molecule is C1=C(C2=NNCCCCCCCC2)CCCCCCCCC1.ClCc1ccccc1. The summed E-state index contributed by atoms with van der Waals surface area (Å²) in [4.78, 5) is 0. The van der Waals surface area contributed by atoms with Crippen molar-refractivity contribution in [3.8, 4) is 0 Å². The van der Waals surface area contributed by atoms with E-state index >= 15 is 0 Å². The predicted molar refractivity (Wildman–Crippen MR) is 133 cm³/mol. The number of alkyl halides is 1. The minimum absolute atomic E-state index is 0.612. The molecule has 0 amide bonds. The lowest BCUT2D eigenvalue weighted by atomic mass is 9.97. The summed E-state index contributed by atoms with van der Waals surface area (Å²) in [5, 5.41) is 4.80. The van der Waals surface area contributed by atoms with Crippen LogP contribution < -0.4 is 5.43 Å². The van der Waals surface area contributed by atoms with Gasteiger partial charge in [-0.3, -0.25) is 0 Å². The first-order valence-electron chi connectivity index (χ1n) is 12.5. The maximum atomic E-state index is 5.53. The van der Waals surface area contributed by atoms with Crippen LogP contribution in [0.1, 0.15) is 108 Å². The minimum atomic E-state index is 0.612. The second kappa shape index (κ2) is 17.4. The third-order valence-electron chi connectivity index (χ3n) is 6.07. The highest BCUT2D eigenvalue weighted by molar-refractivity contribution is 6.17. The van der Waals surface area contributed by atoms with Crippen LogP contribution >= 0.6 is 11.6 Å². The average Bonchev–Trinajstić information content (AvgIpc) is 2.90. The Labute approximate surface area is 190 Å². The molecule has 0 radical (unpaired) electrons. The van der Waals surface area contributed by atoms with Crippen LogP contribution in [0.25, 0.3) is 0 Å². The highest BCUT2D eigenvalue weighted by Gasteiger charge is 2.09. The van der Waals surface area contributed by atoms with E-state index in [9.17, 15) is 0 Å². The van der Waals surface area contributed by atoms with Crippen molar-refractivity contribution in [3.05, 3.63) is 47.5 Å². The van der Waals surface area contributed by atoms with E-state index in [1.807, 2.05) is 30.3 Å². The van der Waals surface area contributed by atoms with Gasteiger partial charge in [-0.2, -0.15) is 5.10 Å².